The Kier molecular flexibility index (Phi) is 2.36. The summed E-state index contributed by atoms with van der Waals surface area (Å²) in [5.41, 5.74) is 2.35. The first kappa shape index (κ1) is 9.78. The van der Waals surface area contributed by atoms with E-state index < -0.39 is 0 Å². The largest absolute Gasteiger partial charge is 0.358 e. The molecule has 82 valence electrons. The Morgan fingerprint density at radius 1 is 1.25 bits per heavy atom. The van der Waals surface area contributed by atoms with E-state index in [1.165, 1.54) is 29.9 Å². The predicted molar refractivity (Wildman–Crippen MR) is 66.7 cm³/mol. The maximum Gasteiger partial charge on any atom is 0.203 e. The third kappa shape index (κ3) is 2.07. The van der Waals surface area contributed by atoms with E-state index in [4.69, 9.17) is 0 Å². The van der Waals surface area contributed by atoms with E-state index in [-0.39, 0.29) is 0 Å². The van der Waals surface area contributed by atoms with Crippen LogP contribution in [0.3, 0.4) is 0 Å². The molecule has 16 heavy (non-hydrogen) atoms. The number of anilines is 1. The topological polar surface area (TPSA) is 37.8 Å². The maximum atomic E-state index is 4.49. The van der Waals surface area contributed by atoms with E-state index in [0.717, 1.165) is 16.5 Å². The molecule has 1 heterocycles. The third-order valence-electron chi connectivity index (χ3n) is 2.64. The highest BCUT2D eigenvalue weighted by molar-refractivity contribution is 7.09. The molecule has 0 unspecified atom stereocenters. The lowest BCUT2D eigenvalue weighted by atomic mass is 10.1. The van der Waals surface area contributed by atoms with Crippen LogP contribution in [0.15, 0.2) is 24.3 Å². The molecule has 3 nitrogen and oxygen atoms in total. The minimum Gasteiger partial charge on any atom is -0.358 e. The zero-order valence-electron chi connectivity index (χ0n) is 9.10. The summed E-state index contributed by atoms with van der Waals surface area (Å²) in [7, 11) is 0. The summed E-state index contributed by atoms with van der Waals surface area (Å²) < 4.78 is 4.36. The molecule has 1 aromatic heterocycles. The van der Waals surface area contributed by atoms with Gasteiger partial charge in [-0.3, -0.25) is 0 Å². The van der Waals surface area contributed by atoms with Crippen LogP contribution in [0, 0.1) is 6.92 Å². The summed E-state index contributed by atoms with van der Waals surface area (Å²) in [4.78, 5) is 4.49. The van der Waals surface area contributed by atoms with Crippen LogP contribution in [0.25, 0.3) is 11.4 Å². The van der Waals surface area contributed by atoms with Crippen LogP contribution >= 0.6 is 11.5 Å². The van der Waals surface area contributed by atoms with Crippen molar-refractivity contribution in [3.8, 4) is 11.4 Å². The average Bonchev–Trinajstić information content (AvgIpc) is 2.97. The lowest BCUT2D eigenvalue weighted by Gasteiger charge is -1.96. The molecule has 1 aliphatic carbocycles. The Bertz CT molecular complexity index is 485. The summed E-state index contributed by atoms with van der Waals surface area (Å²) in [5, 5.41) is 4.30. The number of benzene rings is 1. The Morgan fingerprint density at radius 2 is 2.00 bits per heavy atom. The number of hydrogen-bond acceptors (Lipinski definition) is 4. The molecule has 0 saturated heterocycles. The first-order valence-corrected chi connectivity index (χ1v) is 6.26. The van der Waals surface area contributed by atoms with E-state index in [9.17, 15) is 0 Å². The van der Waals surface area contributed by atoms with Gasteiger partial charge in [-0.05, 0) is 19.8 Å². The second-order valence-electron chi connectivity index (χ2n) is 4.21. The van der Waals surface area contributed by atoms with Gasteiger partial charge in [0.2, 0.25) is 5.13 Å². The Hall–Kier alpha value is -1.42. The van der Waals surface area contributed by atoms with Crippen molar-refractivity contribution < 1.29 is 0 Å². The second-order valence-corrected chi connectivity index (χ2v) is 4.96. The van der Waals surface area contributed by atoms with Crippen LogP contribution in [0.2, 0.25) is 0 Å². The molecule has 0 radical (unpaired) electrons. The Labute approximate surface area is 98.7 Å². The van der Waals surface area contributed by atoms with Gasteiger partial charge in [-0.2, -0.15) is 9.36 Å². The van der Waals surface area contributed by atoms with Crippen LogP contribution in [0.5, 0.6) is 0 Å². The van der Waals surface area contributed by atoms with Gasteiger partial charge in [0.05, 0.1) is 0 Å². The Morgan fingerprint density at radius 3 is 2.69 bits per heavy atom. The molecule has 0 amide bonds. The van der Waals surface area contributed by atoms with Crippen molar-refractivity contribution in [3.63, 3.8) is 0 Å². The molecular formula is C12H13N3S. The van der Waals surface area contributed by atoms with Crippen molar-refractivity contribution in [3.05, 3.63) is 29.8 Å². The predicted octanol–water partition coefficient (Wildman–Crippen LogP) is 3.09. The van der Waals surface area contributed by atoms with Crippen LogP contribution in [0.4, 0.5) is 5.13 Å². The fraction of sp³-hybridized carbons (Fsp3) is 0.333. The van der Waals surface area contributed by atoms with Gasteiger partial charge in [0.1, 0.15) is 0 Å². The highest BCUT2D eigenvalue weighted by Gasteiger charge is 2.22. The van der Waals surface area contributed by atoms with Gasteiger partial charge in [-0.15, -0.1) is 0 Å². The maximum absolute atomic E-state index is 4.49. The van der Waals surface area contributed by atoms with E-state index in [2.05, 4.69) is 45.9 Å². The molecule has 0 atom stereocenters. The molecule has 0 aliphatic heterocycles. The zero-order valence-corrected chi connectivity index (χ0v) is 9.92. The molecular weight excluding hydrogens is 218 g/mol. The van der Waals surface area contributed by atoms with Crippen molar-refractivity contribution >= 4 is 16.7 Å². The van der Waals surface area contributed by atoms with Gasteiger partial charge >= 0.3 is 0 Å². The van der Waals surface area contributed by atoms with Gasteiger partial charge < -0.3 is 5.32 Å². The minimum atomic E-state index is 0.638. The van der Waals surface area contributed by atoms with E-state index in [0.29, 0.717) is 6.04 Å². The SMILES string of the molecule is Cc1ccc(-c2nsc(NC3CC3)n2)cc1. The molecule has 2 aromatic rings. The highest BCUT2D eigenvalue weighted by Crippen LogP contribution is 2.27. The number of nitrogens with one attached hydrogen (secondary N) is 1. The van der Waals surface area contributed by atoms with Crippen LogP contribution in [-0.2, 0) is 0 Å². The van der Waals surface area contributed by atoms with Gasteiger partial charge in [-0.1, -0.05) is 29.8 Å². The molecule has 1 fully saturated rings. The smallest absolute Gasteiger partial charge is 0.203 e. The van der Waals surface area contributed by atoms with Crippen molar-refractivity contribution in [1.82, 2.24) is 9.36 Å². The van der Waals surface area contributed by atoms with Crippen LogP contribution in [0.1, 0.15) is 18.4 Å². The number of aromatic nitrogens is 2. The fourth-order valence-corrected chi connectivity index (χ4v) is 2.17. The van der Waals surface area contributed by atoms with Crippen molar-refractivity contribution in [1.29, 1.82) is 0 Å². The minimum absolute atomic E-state index is 0.638. The molecule has 1 N–H and O–H groups in total. The van der Waals surface area contributed by atoms with Crippen molar-refractivity contribution in [2.24, 2.45) is 0 Å². The molecule has 3 rings (SSSR count). The van der Waals surface area contributed by atoms with Gasteiger partial charge in [0.25, 0.3) is 0 Å². The number of nitrogens with zero attached hydrogens (tertiary/aromatic N) is 2. The van der Waals surface area contributed by atoms with Gasteiger partial charge in [0.15, 0.2) is 5.82 Å². The number of hydrogen-bond donors (Lipinski definition) is 1. The lowest BCUT2D eigenvalue weighted by molar-refractivity contribution is 1.14. The fourth-order valence-electron chi connectivity index (χ4n) is 1.50. The quantitative estimate of drug-likeness (QED) is 0.882. The van der Waals surface area contributed by atoms with Crippen molar-refractivity contribution in [2.75, 3.05) is 5.32 Å². The zero-order chi connectivity index (χ0) is 11.0. The van der Waals surface area contributed by atoms with Crippen LogP contribution in [-0.4, -0.2) is 15.4 Å². The summed E-state index contributed by atoms with van der Waals surface area (Å²) in [6.45, 7) is 2.08. The first-order chi connectivity index (χ1) is 7.81. The molecule has 1 saturated carbocycles. The monoisotopic (exact) mass is 231 g/mol. The molecule has 0 bridgehead atoms. The van der Waals surface area contributed by atoms with E-state index >= 15 is 0 Å². The standard InChI is InChI=1S/C12H13N3S/c1-8-2-4-9(5-3-8)11-14-12(16-15-11)13-10-6-7-10/h2-5,10H,6-7H2,1H3,(H,13,14,15). The van der Waals surface area contributed by atoms with Crippen molar-refractivity contribution in [2.45, 2.75) is 25.8 Å². The summed E-state index contributed by atoms with van der Waals surface area (Å²) in [5.74, 6) is 0.827. The third-order valence-corrected chi connectivity index (χ3v) is 3.29. The van der Waals surface area contributed by atoms with Crippen LogP contribution < -0.4 is 5.32 Å². The van der Waals surface area contributed by atoms with Gasteiger partial charge in [0, 0.05) is 23.1 Å². The molecule has 1 aliphatic rings. The van der Waals surface area contributed by atoms with Gasteiger partial charge in [-0.25, -0.2) is 0 Å². The summed E-state index contributed by atoms with van der Waals surface area (Å²) in [6, 6.07) is 8.95. The van der Waals surface area contributed by atoms with E-state index in [1.807, 2.05) is 0 Å². The van der Waals surface area contributed by atoms with E-state index in [1.54, 1.807) is 0 Å². The normalized spacial score (nSPS) is 15.1. The average molecular weight is 231 g/mol. The summed E-state index contributed by atoms with van der Waals surface area (Å²) in [6.07, 6.45) is 2.53. The number of rotatable bonds is 3. The molecule has 4 heteroatoms. The first-order valence-electron chi connectivity index (χ1n) is 5.48. The number of aryl methyl sites for hydroxylation is 1. The molecule has 1 aromatic carbocycles. The Balaban J connectivity index is 1.82. The highest BCUT2D eigenvalue weighted by atomic mass is 32.1. The summed E-state index contributed by atoms with van der Waals surface area (Å²) >= 11 is 1.44. The molecule has 0 spiro atoms. The lowest BCUT2D eigenvalue weighted by Crippen LogP contribution is -1.99. The second kappa shape index (κ2) is 3.87.